The predicted molar refractivity (Wildman–Crippen MR) is 56.1 cm³/mol. The first-order valence-corrected chi connectivity index (χ1v) is 4.58. The molecule has 0 saturated carbocycles. The third kappa shape index (κ3) is 2.91. The third-order valence-electron chi connectivity index (χ3n) is 1.52. The molecule has 0 aliphatic heterocycles. The molecule has 0 bridgehead atoms. The molecule has 0 spiro atoms. The number of nitrogens with zero attached hydrogens (tertiary/aromatic N) is 1. The van der Waals surface area contributed by atoms with Crippen molar-refractivity contribution >= 4 is 33.4 Å². The van der Waals surface area contributed by atoms with Crippen LogP contribution in [-0.2, 0) is 4.79 Å². The van der Waals surface area contributed by atoms with Gasteiger partial charge in [-0.3, -0.25) is 4.79 Å². The Bertz CT molecular complexity index is 422. The number of hydrogen-bond acceptors (Lipinski definition) is 3. The second-order valence-electron chi connectivity index (χ2n) is 2.56. The number of rotatable bonds is 1. The van der Waals surface area contributed by atoms with E-state index in [1.165, 1.54) is 12.1 Å². The number of benzene rings is 1. The molecule has 80 valence electrons. The van der Waals surface area contributed by atoms with Crippen molar-refractivity contribution in [2.45, 2.75) is 0 Å². The maximum absolute atomic E-state index is 13.2. The highest BCUT2D eigenvalue weighted by atomic mass is 79.9. The highest BCUT2D eigenvalue weighted by Crippen LogP contribution is 2.19. The molecule has 4 N–H and O–H groups in total. The molecular weight excluding hydrogens is 269 g/mol. The van der Waals surface area contributed by atoms with Crippen LogP contribution in [0.25, 0.3) is 0 Å². The summed E-state index contributed by atoms with van der Waals surface area (Å²) in [5.74, 6) is -2.14. The number of anilines is 1. The molecular formula is C8H7BrFN3O2. The maximum Gasteiger partial charge on any atom is 0.294 e. The Morgan fingerprint density at radius 3 is 2.80 bits per heavy atom. The van der Waals surface area contributed by atoms with Gasteiger partial charge in [-0.1, -0.05) is 21.1 Å². The number of halogens is 2. The molecule has 1 aromatic carbocycles. The number of carbonyl (C=O) groups excluding carboxylic acids is 1. The Morgan fingerprint density at radius 1 is 1.60 bits per heavy atom. The van der Waals surface area contributed by atoms with E-state index in [9.17, 15) is 9.18 Å². The first-order chi connectivity index (χ1) is 7.04. The number of carbonyl (C=O) groups is 1. The molecule has 1 aromatic rings. The van der Waals surface area contributed by atoms with E-state index in [2.05, 4.69) is 26.4 Å². The Balaban J connectivity index is 2.86. The maximum atomic E-state index is 13.2. The number of amides is 1. The molecule has 0 fully saturated rings. The Labute approximate surface area is 92.9 Å². The predicted octanol–water partition coefficient (Wildman–Crippen LogP) is 1.27. The molecule has 0 atom stereocenters. The SMILES string of the molecule is N/C(=N/O)C(=O)Nc1ccc(Br)cc1F. The zero-order valence-electron chi connectivity index (χ0n) is 7.37. The van der Waals surface area contributed by atoms with Crippen LogP contribution in [-0.4, -0.2) is 17.0 Å². The second-order valence-corrected chi connectivity index (χ2v) is 3.48. The minimum absolute atomic E-state index is 0.0465. The molecule has 1 amide bonds. The lowest BCUT2D eigenvalue weighted by Crippen LogP contribution is -2.30. The first-order valence-electron chi connectivity index (χ1n) is 3.78. The minimum atomic E-state index is -0.876. The minimum Gasteiger partial charge on any atom is -0.409 e. The van der Waals surface area contributed by atoms with Gasteiger partial charge in [-0.2, -0.15) is 0 Å². The Morgan fingerprint density at radius 2 is 2.27 bits per heavy atom. The molecule has 0 unspecified atom stereocenters. The fraction of sp³-hybridized carbons (Fsp3) is 0. The molecule has 0 heterocycles. The van der Waals surface area contributed by atoms with Crippen LogP contribution in [0.15, 0.2) is 27.8 Å². The molecule has 0 aromatic heterocycles. The van der Waals surface area contributed by atoms with Crippen LogP contribution < -0.4 is 11.1 Å². The van der Waals surface area contributed by atoms with Crippen molar-refractivity contribution in [2.24, 2.45) is 10.9 Å². The summed E-state index contributed by atoms with van der Waals surface area (Å²) >= 11 is 3.06. The summed E-state index contributed by atoms with van der Waals surface area (Å²) in [4.78, 5) is 11.1. The van der Waals surface area contributed by atoms with Crippen molar-refractivity contribution in [1.82, 2.24) is 0 Å². The normalized spacial score (nSPS) is 11.2. The lowest BCUT2D eigenvalue weighted by atomic mass is 10.3. The highest BCUT2D eigenvalue weighted by Gasteiger charge is 2.10. The first kappa shape index (κ1) is 11.4. The Hall–Kier alpha value is -1.63. The molecule has 1 rings (SSSR count). The van der Waals surface area contributed by atoms with E-state index in [4.69, 9.17) is 10.9 Å². The summed E-state index contributed by atoms with van der Waals surface area (Å²) in [7, 11) is 0. The van der Waals surface area contributed by atoms with Crippen molar-refractivity contribution < 1.29 is 14.4 Å². The monoisotopic (exact) mass is 275 g/mol. The molecule has 15 heavy (non-hydrogen) atoms. The van der Waals surface area contributed by atoms with Gasteiger partial charge < -0.3 is 16.3 Å². The number of amidine groups is 1. The molecule has 5 nitrogen and oxygen atoms in total. The summed E-state index contributed by atoms with van der Waals surface area (Å²) in [6.07, 6.45) is 0. The van der Waals surface area contributed by atoms with E-state index in [1.807, 2.05) is 0 Å². The van der Waals surface area contributed by atoms with Crippen LogP contribution in [0.3, 0.4) is 0 Å². The summed E-state index contributed by atoms with van der Waals surface area (Å²) < 4.78 is 13.7. The number of nitrogens with two attached hydrogens (primary N) is 1. The average molecular weight is 276 g/mol. The van der Waals surface area contributed by atoms with Gasteiger partial charge in [-0.05, 0) is 18.2 Å². The standard InChI is InChI=1S/C8H7BrFN3O2/c9-4-1-2-6(5(10)3-4)12-8(14)7(11)13-15/h1-3,15H,(H2,11,13)(H,12,14). The molecule has 0 saturated heterocycles. The van der Waals surface area contributed by atoms with E-state index < -0.39 is 17.6 Å². The largest absolute Gasteiger partial charge is 0.409 e. The molecule has 0 aliphatic rings. The fourth-order valence-corrected chi connectivity index (χ4v) is 1.16. The van der Waals surface area contributed by atoms with E-state index in [0.717, 1.165) is 0 Å². The van der Waals surface area contributed by atoms with Crippen molar-refractivity contribution in [3.05, 3.63) is 28.5 Å². The summed E-state index contributed by atoms with van der Waals surface area (Å²) in [6.45, 7) is 0. The van der Waals surface area contributed by atoms with Crippen LogP contribution >= 0.6 is 15.9 Å². The van der Waals surface area contributed by atoms with Crippen LogP contribution in [0.4, 0.5) is 10.1 Å². The summed E-state index contributed by atoms with van der Waals surface area (Å²) in [6, 6.07) is 4.08. The fourth-order valence-electron chi connectivity index (χ4n) is 0.823. The summed E-state index contributed by atoms with van der Waals surface area (Å²) in [5, 5.41) is 12.8. The lowest BCUT2D eigenvalue weighted by molar-refractivity contribution is -0.110. The quantitative estimate of drug-likeness (QED) is 0.312. The van der Waals surface area contributed by atoms with Gasteiger partial charge >= 0.3 is 0 Å². The number of oxime groups is 1. The molecule has 0 aliphatic carbocycles. The zero-order chi connectivity index (χ0) is 11.4. The van der Waals surface area contributed by atoms with Crippen LogP contribution in [0.5, 0.6) is 0 Å². The van der Waals surface area contributed by atoms with Gasteiger partial charge in [0.1, 0.15) is 5.82 Å². The van der Waals surface area contributed by atoms with Gasteiger partial charge in [0, 0.05) is 4.47 Å². The smallest absolute Gasteiger partial charge is 0.294 e. The lowest BCUT2D eigenvalue weighted by Gasteiger charge is -2.04. The number of nitrogens with one attached hydrogen (secondary N) is 1. The second kappa shape index (κ2) is 4.74. The van der Waals surface area contributed by atoms with Crippen LogP contribution in [0, 0.1) is 5.82 Å². The van der Waals surface area contributed by atoms with E-state index >= 15 is 0 Å². The topological polar surface area (TPSA) is 87.7 Å². The van der Waals surface area contributed by atoms with E-state index in [-0.39, 0.29) is 5.69 Å². The van der Waals surface area contributed by atoms with Gasteiger partial charge in [0.15, 0.2) is 0 Å². The van der Waals surface area contributed by atoms with Gasteiger partial charge in [-0.25, -0.2) is 4.39 Å². The Kier molecular flexibility index (Phi) is 3.62. The third-order valence-corrected chi connectivity index (χ3v) is 2.01. The highest BCUT2D eigenvalue weighted by molar-refractivity contribution is 9.10. The van der Waals surface area contributed by atoms with Gasteiger partial charge in [-0.15, -0.1) is 0 Å². The average Bonchev–Trinajstić information content (AvgIpc) is 2.20. The zero-order valence-corrected chi connectivity index (χ0v) is 8.95. The van der Waals surface area contributed by atoms with Crippen molar-refractivity contribution in [2.75, 3.05) is 5.32 Å². The van der Waals surface area contributed by atoms with Crippen molar-refractivity contribution in [3.63, 3.8) is 0 Å². The van der Waals surface area contributed by atoms with Crippen LogP contribution in [0.2, 0.25) is 0 Å². The van der Waals surface area contributed by atoms with Gasteiger partial charge in [0.2, 0.25) is 5.84 Å². The van der Waals surface area contributed by atoms with Gasteiger partial charge in [0.05, 0.1) is 5.69 Å². The van der Waals surface area contributed by atoms with Crippen LogP contribution in [0.1, 0.15) is 0 Å². The van der Waals surface area contributed by atoms with E-state index in [0.29, 0.717) is 4.47 Å². The van der Waals surface area contributed by atoms with Crippen molar-refractivity contribution in [3.8, 4) is 0 Å². The van der Waals surface area contributed by atoms with E-state index in [1.54, 1.807) is 6.07 Å². The molecule has 0 radical (unpaired) electrons. The molecule has 7 heteroatoms. The van der Waals surface area contributed by atoms with Gasteiger partial charge in [0.25, 0.3) is 5.91 Å². The van der Waals surface area contributed by atoms with Crippen molar-refractivity contribution in [1.29, 1.82) is 0 Å². The number of hydrogen-bond donors (Lipinski definition) is 3. The summed E-state index contributed by atoms with van der Waals surface area (Å²) in [5.41, 5.74) is 4.95.